The molecule has 0 aromatic heterocycles. The number of hydrogen-bond acceptors (Lipinski definition) is 4. The molecule has 5 heteroatoms. The highest BCUT2D eigenvalue weighted by molar-refractivity contribution is 5.77. The Labute approximate surface area is 90.9 Å². The average molecular weight is 224 g/mol. The van der Waals surface area contributed by atoms with Crippen molar-refractivity contribution in [2.75, 3.05) is 6.79 Å². The molecule has 1 heterocycles. The molecule has 1 fully saturated rings. The van der Waals surface area contributed by atoms with Gasteiger partial charge >= 0.3 is 5.97 Å². The number of fused-ring (bicyclic) bond motifs is 1. The van der Waals surface area contributed by atoms with Crippen LogP contribution in [0.25, 0.3) is 0 Å². The van der Waals surface area contributed by atoms with Crippen LogP contribution in [-0.2, 0) is 4.79 Å². The van der Waals surface area contributed by atoms with E-state index >= 15 is 0 Å². The maximum absolute atomic E-state index is 13.5. The molecule has 1 saturated carbocycles. The number of carbonyl (C=O) groups is 1. The first kappa shape index (κ1) is 9.45. The molecule has 0 radical (unpaired) electrons. The fourth-order valence-electron chi connectivity index (χ4n) is 1.49. The number of hydrogen-bond donors (Lipinski definition) is 0. The summed E-state index contributed by atoms with van der Waals surface area (Å²) in [6.45, 7) is 0.0643. The second-order valence-corrected chi connectivity index (χ2v) is 3.83. The van der Waals surface area contributed by atoms with Crippen molar-refractivity contribution in [1.82, 2.24) is 0 Å². The molecule has 1 aliphatic carbocycles. The molecular weight excluding hydrogens is 215 g/mol. The zero-order valence-electron chi connectivity index (χ0n) is 8.36. The number of carbonyl (C=O) groups excluding carboxylic acids is 1. The number of benzene rings is 1. The van der Waals surface area contributed by atoms with E-state index in [1.54, 1.807) is 0 Å². The van der Waals surface area contributed by atoms with Crippen LogP contribution >= 0.6 is 0 Å². The van der Waals surface area contributed by atoms with Gasteiger partial charge in [0.2, 0.25) is 6.79 Å². The highest BCUT2D eigenvalue weighted by atomic mass is 19.1. The Morgan fingerprint density at radius 2 is 2.00 bits per heavy atom. The molecule has 3 rings (SSSR count). The topological polar surface area (TPSA) is 44.8 Å². The van der Waals surface area contributed by atoms with Crippen LogP contribution in [0, 0.1) is 11.7 Å². The zero-order valence-corrected chi connectivity index (χ0v) is 8.36. The maximum Gasteiger partial charge on any atom is 0.314 e. The van der Waals surface area contributed by atoms with Crippen molar-refractivity contribution in [3.63, 3.8) is 0 Å². The molecule has 84 valence electrons. The van der Waals surface area contributed by atoms with Gasteiger partial charge in [0, 0.05) is 12.1 Å². The van der Waals surface area contributed by atoms with E-state index in [2.05, 4.69) is 0 Å². The van der Waals surface area contributed by atoms with E-state index in [-0.39, 0.29) is 24.4 Å². The Bertz CT molecular complexity index is 454. The van der Waals surface area contributed by atoms with E-state index < -0.39 is 5.82 Å². The van der Waals surface area contributed by atoms with Crippen molar-refractivity contribution >= 4 is 5.97 Å². The summed E-state index contributed by atoms with van der Waals surface area (Å²) in [4.78, 5) is 11.4. The summed E-state index contributed by atoms with van der Waals surface area (Å²) in [5, 5.41) is 0. The van der Waals surface area contributed by atoms with E-state index in [0.29, 0.717) is 11.5 Å². The monoisotopic (exact) mass is 224 g/mol. The van der Waals surface area contributed by atoms with Crippen LogP contribution in [0.15, 0.2) is 12.1 Å². The van der Waals surface area contributed by atoms with Gasteiger partial charge in [-0.05, 0) is 12.8 Å². The Balaban J connectivity index is 1.85. The molecule has 1 aromatic carbocycles. The molecule has 0 atom stereocenters. The first-order chi connectivity index (χ1) is 7.74. The van der Waals surface area contributed by atoms with Crippen molar-refractivity contribution in [3.8, 4) is 17.2 Å². The van der Waals surface area contributed by atoms with Crippen LogP contribution in [0.4, 0.5) is 4.39 Å². The quantitative estimate of drug-likeness (QED) is 0.568. The Morgan fingerprint density at radius 1 is 1.31 bits per heavy atom. The molecule has 0 bridgehead atoms. The summed E-state index contributed by atoms with van der Waals surface area (Å²) in [7, 11) is 0. The van der Waals surface area contributed by atoms with E-state index in [4.69, 9.17) is 14.2 Å². The normalized spacial score (nSPS) is 17.3. The standard InChI is InChI=1S/C11H9FO4/c12-7-3-9-10(15-5-14-9)4-8(7)16-11(13)6-1-2-6/h3-4,6H,1-2,5H2. The van der Waals surface area contributed by atoms with Crippen LogP contribution in [-0.4, -0.2) is 12.8 Å². The molecule has 0 amide bonds. The third-order valence-electron chi connectivity index (χ3n) is 2.55. The molecule has 0 saturated heterocycles. The van der Waals surface area contributed by atoms with Crippen molar-refractivity contribution in [3.05, 3.63) is 17.9 Å². The summed E-state index contributed by atoms with van der Waals surface area (Å²) in [6.07, 6.45) is 1.65. The minimum absolute atomic E-state index is 0.0643. The summed E-state index contributed by atoms with van der Waals surface area (Å²) < 4.78 is 28.5. The van der Waals surface area contributed by atoms with Gasteiger partial charge in [-0.25, -0.2) is 4.39 Å². The van der Waals surface area contributed by atoms with Crippen LogP contribution in [0.1, 0.15) is 12.8 Å². The summed E-state index contributed by atoms with van der Waals surface area (Å²) in [5.74, 6) is -0.411. The predicted octanol–water partition coefficient (Wildman–Crippen LogP) is 1.87. The maximum atomic E-state index is 13.5. The van der Waals surface area contributed by atoms with Gasteiger partial charge in [-0.2, -0.15) is 0 Å². The minimum Gasteiger partial charge on any atom is -0.453 e. The molecule has 4 nitrogen and oxygen atoms in total. The van der Waals surface area contributed by atoms with Gasteiger partial charge in [0.15, 0.2) is 23.1 Å². The van der Waals surface area contributed by atoms with Crippen molar-refractivity contribution in [2.24, 2.45) is 5.92 Å². The minimum atomic E-state index is -0.613. The van der Waals surface area contributed by atoms with Crippen LogP contribution in [0.3, 0.4) is 0 Å². The summed E-state index contributed by atoms with van der Waals surface area (Å²) in [5.41, 5.74) is 0. The second-order valence-electron chi connectivity index (χ2n) is 3.83. The first-order valence-corrected chi connectivity index (χ1v) is 5.05. The predicted molar refractivity (Wildman–Crippen MR) is 50.9 cm³/mol. The summed E-state index contributed by atoms with van der Waals surface area (Å²) in [6, 6.07) is 2.51. The van der Waals surface area contributed by atoms with E-state index in [1.165, 1.54) is 6.07 Å². The molecular formula is C11H9FO4. The van der Waals surface area contributed by atoms with Gasteiger partial charge in [-0.3, -0.25) is 4.79 Å². The van der Waals surface area contributed by atoms with Crippen LogP contribution < -0.4 is 14.2 Å². The van der Waals surface area contributed by atoms with Crippen LogP contribution in [0.5, 0.6) is 17.2 Å². The highest BCUT2D eigenvalue weighted by Gasteiger charge is 2.32. The van der Waals surface area contributed by atoms with Gasteiger partial charge in [0.1, 0.15) is 0 Å². The Kier molecular flexibility index (Phi) is 1.99. The largest absolute Gasteiger partial charge is 0.453 e. The number of esters is 1. The van der Waals surface area contributed by atoms with Crippen molar-refractivity contribution in [1.29, 1.82) is 0 Å². The first-order valence-electron chi connectivity index (χ1n) is 5.05. The molecule has 0 N–H and O–H groups in total. The smallest absolute Gasteiger partial charge is 0.314 e. The van der Waals surface area contributed by atoms with Crippen molar-refractivity contribution < 1.29 is 23.4 Å². The van der Waals surface area contributed by atoms with E-state index in [0.717, 1.165) is 18.9 Å². The van der Waals surface area contributed by atoms with Crippen LogP contribution in [0.2, 0.25) is 0 Å². The second kappa shape index (κ2) is 3.37. The molecule has 2 aliphatic rings. The molecule has 0 spiro atoms. The third kappa shape index (κ3) is 1.58. The van der Waals surface area contributed by atoms with Gasteiger partial charge in [-0.1, -0.05) is 0 Å². The lowest BCUT2D eigenvalue weighted by Gasteiger charge is -2.05. The van der Waals surface area contributed by atoms with E-state index in [9.17, 15) is 9.18 Å². The van der Waals surface area contributed by atoms with Gasteiger partial charge in [-0.15, -0.1) is 0 Å². The lowest BCUT2D eigenvalue weighted by Crippen LogP contribution is -2.10. The lowest BCUT2D eigenvalue weighted by molar-refractivity contribution is -0.136. The van der Waals surface area contributed by atoms with Crippen molar-refractivity contribution in [2.45, 2.75) is 12.8 Å². The summed E-state index contributed by atoms with van der Waals surface area (Å²) >= 11 is 0. The molecule has 16 heavy (non-hydrogen) atoms. The Hall–Kier alpha value is -1.78. The lowest BCUT2D eigenvalue weighted by atomic mass is 10.3. The van der Waals surface area contributed by atoms with Gasteiger partial charge in [0.05, 0.1) is 5.92 Å². The SMILES string of the molecule is O=C(Oc1cc2c(cc1F)OCO2)C1CC1. The molecule has 1 aliphatic heterocycles. The fraction of sp³-hybridized carbons (Fsp3) is 0.364. The van der Waals surface area contributed by atoms with Gasteiger partial charge < -0.3 is 14.2 Å². The Morgan fingerprint density at radius 3 is 2.69 bits per heavy atom. The fourth-order valence-corrected chi connectivity index (χ4v) is 1.49. The van der Waals surface area contributed by atoms with Gasteiger partial charge in [0.25, 0.3) is 0 Å². The molecule has 0 unspecified atom stereocenters. The number of ether oxygens (including phenoxy) is 3. The number of halogens is 1. The molecule has 1 aromatic rings. The number of rotatable bonds is 2. The average Bonchev–Trinajstić information content (AvgIpc) is 3.01. The highest BCUT2D eigenvalue weighted by Crippen LogP contribution is 2.38. The zero-order chi connectivity index (χ0) is 11.1. The van der Waals surface area contributed by atoms with E-state index in [1.807, 2.05) is 0 Å². The third-order valence-corrected chi connectivity index (χ3v) is 2.55.